The Morgan fingerprint density at radius 2 is 2.20 bits per heavy atom. The van der Waals surface area contributed by atoms with Crippen molar-refractivity contribution in [1.29, 1.82) is 0 Å². The van der Waals surface area contributed by atoms with Crippen LogP contribution in [0.3, 0.4) is 0 Å². The summed E-state index contributed by atoms with van der Waals surface area (Å²) in [5.74, 6) is -0.128. The topological polar surface area (TPSA) is 85.2 Å². The number of carbonyl (C=O) groups excluding carboxylic acids is 1. The molecule has 0 spiro atoms. The Kier molecular flexibility index (Phi) is 5.24. The van der Waals surface area contributed by atoms with Crippen LogP contribution in [-0.4, -0.2) is 52.0 Å². The molecule has 9 heteroatoms. The molecule has 3 rings (SSSR count). The first kappa shape index (κ1) is 18.1. The quantitative estimate of drug-likeness (QED) is 0.782. The summed E-state index contributed by atoms with van der Waals surface area (Å²) in [5, 5.41) is 7.13. The lowest BCUT2D eigenvalue weighted by Crippen LogP contribution is -2.46. The van der Waals surface area contributed by atoms with Crippen LogP contribution in [0.5, 0.6) is 0 Å². The van der Waals surface area contributed by atoms with Crippen molar-refractivity contribution in [3.05, 3.63) is 34.0 Å². The van der Waals surface area contributed by atoms with Gasteiger partial charge in [-0.1, -0.05) is 6.92 Å². The summed E-state index contributed by atoms with van der Waals surface area (Å²) in [5.41, 5.74) is 1.52. The molecular weight excluding hydrogens is 360 g/mol. The Morgan fingerprint density at radius 3 is 2.84 bits per heavy atom. The fourth-order valence-corrected chi connectivity index (χ4v) is 5.20. The van der Waals surface area contributed by atoms with Crippen molar-refractivity contribution >= 4 is 27.1 Å². The van der Waals surface area contributed by atoms with E-state index in [1.54, 1.807) is 27.1 Å². The number of rotatable bonds is 5. The van der Waals surface area contributed by atoms with E-state index in [4.69, 9.17) is 0 Å². The monoisotopic (exact) mass is 382 g/mol. The van der Waals surface area contributed by atoms with Crippen LogP contribution in [0, 0.1) is 0 Å². The van der Waals surface area contributed by atoms with Crippen molar-refractivity contribution in [3.63, 3.8) is 0 Å². The molecule has 0 saturated carbocycles. The number of aryl methyl sites for hydroxylation is 2. The summed E-state index contributed by atoms with van der Waals surface area (Å²) in [7, 11) is -3.16. The fraction of sp³-hybridized carbons (Fsp3) is 0.562. The SMILES string of the molecule is CCc1nc(CC(=O)N2CCS(=O)(=O)C[C@@H]2c2cnn(CC)c2)cs1. The molecule has 0 N–H and O–H groups in total. The molecule has 0 bridgehead atoms. The molecule has 0 unspecified atom stereocenters. The third-order valence-electron chi connectivity index (χ3n) is 4.35. The summed E-state index contributed by atoms with van der Waals surface area (Å²) in [6.45, 7) is 4.91. The average Bonchev–Trinajstić information content (AvgIpc) is 3.22. The van der Waals surface area contributed by atoms with Gasteiger partial charge in [-0.25, -0.2) is 13.4 Å². The zero-order valence-electron chi connectivity index (χ0n) is 14.4. The first-order valence-corrected chi connectivity index (χ1v) is 11.1. The fourth-order valence-electron chi connectivity index (χ4n) is 2.96. The lowest BCUT2D eigenvalue weighted by Gasteiger charge is -2.35. The zero-order valence-corrected chi connectivity index (χ0v) is 16.0. The maximum Gasteiger partial charge on any atom is 0.229 e. The average molecular weight is 383 g/mol. The molecule has 1 saturated heterocycles. The number of sulfone groups is 1. The molecule has 7 nitrogen and oxygen atoms in total. The van der Waals surface area contributed by atoms with Crippen LogP contribution in [-0.2, 0) is 34.0 Å². The van der Waals surface area contributed by atoms with Gasteiger partial charge < -0.3 is 4.90 Å². The molecule has 25 heavy (non-hydrogen) atoms. The van der Waals surface area contributed by atoms with Crippen molar-refractivity contribution in [3.8, 4) is 0 Å². The molecule has 1 amide bonds. The molecule has 0 aliphatic carbocycles. The molecule has 1 atom stereocenters. The van der Waals surface area contributed by atoms with Crippen LogP contribution < -0.4 is 0 Å². The predicted octanol–water partition coefficient (Wildman–Crippen LogP) is 1.46. The van der Waals surface area contributed by atoms with Crippen LogP contribution in [0.25, 0.3) is 0 Å². The van der Waals surface area contributed by atoms with Gasteiger partial charge in [0.15, 0.2) is 9.84 Å². The number of aromatic nitrogens is 3. The van der Waals surface area contributed by atoms with E-state index in [0.29, 0.717) is 6.54 Å². The minimum Gasteiger partial charge on any atom is -0.333 e. The smallest absolute Gasteiger partial charge is 0.229 e. The maximum atomic E-state index is 12.8. The molecule has 1 aliphatic heterocycles. The lowest BCUT2D eigenvalue weighted by atomic mass is 10.1. The van der Waals surface area contributed by atoms with E-state index in [9.17, 15) is 13.2 Å². The molecule has 136 valence electrons. The van der Waals surface area contributed by atoms with E-state index in [2.05, 4.69) is 10.1 Å². The second-order valence-electron chi connectivity index (χ2n) is 6.11. The van der Waals surface area contributed by atoms with E-state index in [1.807, 2.05) is 25.4 Å². The highest BCUT2D eigenvalue weighted by Crippen LogP contribution is 2.27. The number of nitrogens with zero attached hydrogens (tertiary/aromatic N) is 4. The minimum absolute atomic E-state index is 0.00836. The number of carbonyl (C=O) groups is 1. The number of thiazole rings is 1. The van der Waals surface area contributed by atoms with E-state index in [0.717, 1.165) is 22.7 Å². The Balaban J connectivity index is 1.82. The Hall–Kier alpha value is -1.74. The minimum atomic E-state index is -3.16. The Morgan fingerprint density at radius 1 is 1.40 bits per heavy atom. The third-order valence-corrected chi connectivity index (χ3v) is 7.02. The molecule has 1 aliphatic rings. The first-order chi connectivity index (χ1) is 11.9. The van der Waals surface area contributed by atoms with Crippen LogP contribution >= 0.6 is 11.3 Å². The van der Waals surface area contributed by atoms with Crippen molar-refractivity contribution < 1.29 is 13.2 Å². The van der Waals surface area contributed by atoms with E-state index in [1.165, 1.54) is 0 Å². The first-order valence-electron chi connectivity index (χ1n) is 8.37. The van der Waals surface area contributed by atoms with E-state index >= 15 is 0 Å². The maximum absolute atomic E-state index is 12.8. The number of hydrogen-bond acceptors (Lipinski definition) is 6. The molecule has 1 fully saturated rings. The summed E-state index contributed by atoms with van der Waals surface area (Å²) in [6, 6.07) is -0.476. The molecular formula is C16H22N4O3S2. The van der Waals surface area contributed by atoms with Gasteiger partial charge >= 0.3 is 0 Å². The molecule has 2 aromatic rings. The highest BCUT2D eigenvalue weighted by Gasteiger charge is 2.35. The van der Waals surface area contributed by atoms with Crippen molar-refractivity contribution in [2.45, 2.75) is 39.3 Å². The van der Waals surface area contributed by atoms with Gasteiger partial charge in [-0.15, -0.1) is 11.3 Å². The van der Waals surface area contributed by atoms with Crippen molar-refractivity contribution in [2.24, 2.45) is 0 Å². The Labute approximate surface area is 151 Å². The highest BCUT2D eigenvalue weighted by atomic mass is 32.2. The van der Waals surface area contributed by atoms with Crippen LogP contribution in [0.4, 0.5) is 0 Å². The standard InChI is InChI=1S/C16H22N4O3S2/c1-3-15-18-13(10-24-15)7-16(21)20-5-6-25(22,23)11-14(20)12-8-17-19(4-2)9-12/h8-10,14H,3-7,11H2,1-2H3/t14-/m1/s1. The predicted molar refractivity (Wildman–Crippen MR) is 96.2 cm³/mol. The van der Waals surface area contributed by atoms with Gasteiger partial charge in [-0.05, 0) is 13.3 Å². The van der Waals surface area contributed by atoms with E-state index < -0.39 is 15.9 Å². The third kappa shape index (κ3) is 4.09. The van der Waals surface area contributed by atoms with Gasteiger partial charge in [0, 0.05) is 30.2 Å². The van der Waals surface area contributed by atoms with Crippen molar-refractivity contribution in [2.75, 3.05) is 18.1 Å². The Bertz CT molecular complexity index is 856. The molecule has 0 radical (unpaired) electrons. The summed E-state index contributed by atoms with van der Waals surface area (Å²) >= 11 is 1.55. The van der Waals surface area contributed by atoms with Crippen LogP contribution in [0.1, 0.15) is 36.2 Å². The van der Waals surface area contributed by atoms with Gasteiger partial charge in [-0.3, -0.25) is 9.48 Å². The van der Waals surface area contributed by atoms with Crippen molar-refractivity contribution in [1.82, 2.24) is 19.7 Å². The summed E-state index contributed by atoms with van der Waals surface area (Å²) < 4.78 is 26.0. The normalized spacial score (nSPS) is 19.9. The molecule has 2 aromatic heterocycles. The second-order valence-corrected chi connectivity index (χ2v) is 9.28. The summed E-state index contributed by atoms with van der Waals surface area (Å²) in [6.07, 6.45) is 4.53. The zero-order chi connectivity index (χ0) is 18.0. The van der Waals surface area contributed by atoms with Gasteiger partial charge in [0.2, 0.25) is 5.91 Å². The van der Waals surface area contributed by atoms with Gasteiger partial charge in [0.1, 0.15) is 0 Å². The second kappa shape index (κ2) is 7.25. The van der Waals surface area contributed by atoms with Gasteiger partial charge in [0.05, 0.1) is 40.9 Å². The number of hydrogen-bond donors (Lipinski definition) is 0. The number of amides is 1. The molecule has 3 heterocycles. The van der Waals surface area contributed by atoms with E-state index in [-0.39, 0.29) is 30.4 Å². The largest absolute Gasteiger partial charge is 0.333 e. The lowest BCUT2D eigenvalue weighted by molar-refractivity contribution is -0.132. The molecule has 0 aromatic carbocycles. The van der Waals surface area contributed by atoms with Crippen LogP contribution in [0.15, 0.2) is 17.8 Å². The van der Waals surface area contributed by atoms with Gasteiger partial charge in [-0.2, -0.15) is 5.10 Å². The van der Waals surface area contributed by atoms with Crippen LogP contribution in [0.2, 0.25) is 0 Å². The summed E-state index contributed by atoms with van der Waals surface area (Å²) in [4.78, 5) is 18.9. The highest BCUT2D eigenvalue weighted by molar-refractivity contribution is 7.91. The van der Waals surface area contributed by atoms with Gasteiger partial charge in [0.25, 0.3) is 0 Å².